The van der Waals surface area contributed by atoms with Crippen LogP contribution in [0.2, 0.25) is 5.02 Å². The van der Waals surface area contributed by atoms with Crippen molar-refractivity contribution in [3.8, 4) is 0 Å². The van der Waals surface area contributed by atoms with E-state index in [9.17, 15) is 9.59 Å². The van der Waals surface area contributed by atoms with Crippen molar-refractivity contribution >= 4 is 35.4 Å². The highest BCUT2D eigenvalue weighted by molar-refractivity contribution is 7.99. The Balaban J connectivity index is 2.31. The Morgan fingerprint density at radius 1 is 1.31 bits per heavy atom. The summed E-state index contributed by atoms with van der Waals surface area (Å²) in [7, 11) is 0. The van der Waals surface area contributed by atoms with Gasteiger partial charge in [-0.2, -0.15) is 0 Å². The van der Waals surface area contributed by atoms with Crippen LogP contribution < -0.4 is 5.32 Å². The lowest BCUT2D eigenvalue weighted by atomic mass is 9.78. The Bertz CT molecular complexity index is 794. The molecule has 1 aromatic carbocycles. The van der Waals surface area contributed by atoms with E-state index in [1.165, 1.54) is 4.90 Å². The number of carbonyl (C=O) groups excluding carboxylic acids is 1. The average molecular weight is 439 g/mol. The fourth-order valence-corrected chi connectivity index (χ4v) is 4.91. The minimum atomic E-state index is -0.928. The van der Waals surface area contributed by atoms with Gasteiger partial charge in [0.25, 0.3) is 0 Å². The topological polar surface area (TPSA) is 69.6 Å². The standard InChI is InChI=1S/C22H31ClN2O3S/c1-14(2)9-11-29-19-7-6-16(12-18(19)23)22(5)17(15(3)4)13-25(21(28)24-22)10-8-20(26)27/h6-7,12-15H,8-11H2,1-5H3,(H,24,28)(H,26,27)/t22-/m0/s1. The van der Waals surface area contributed by atoms with Crippen LogP contribution in [0, 0.1) is 11.8 Å². The summed E-state index contributed by atoms with van der Waals surface area (Å²) in [4.78, 5) is 26.0. The molecule has 7 heteroatoms. The highest BCUT2D eigenvalue weighted by atomic mass is 35.5. The van der Waals surface area contributed by atoms with Crippen LogP contribution in [0.25, 0.3) is 0 Å². The molecule has 0 saturated carbocycles. The fourth-order valence-electron chi connectivity index (χ4n) is 3.39. The molecule has 1 aromatic rings. The van der Waals surface area contributed by atoms with Crippen molar-refractivity contribution in [2.24, 2.45) is 11.8 Å². The highest BCUT2D eigenvalue weighted by Crippen LogP contribution is 2.39. The lowest BCUT2D eigenvalue weighted by molar-refractivity contribution is -0.137. The first-order valence-corrected chi connectivity index (χ1v) is 11.4. The maximum absolute atomic E-state index is 12.7. The van der Waals surface area contributed by atoms with Gasteiger partial charge in [-0.05, 0) is 54.2 Å². The molecule has 0 radical (unpaired) electrons. The number of benzene rings is 1. The van der Waals surface area contributed by atoms with Gasteiger partial charge in [0.1, 0.15) is 0 Å². The van der Waals surface area contributed by atoms with Gasteiger partial charge in [-0.25, -0.2) is 4.79 Å². The molecular formula is C22H31ClN2O3S. The summed E-state index contributed by atoms with van der Waals surface area (Å²) in [6.45, 7) is 10.7. The maximum atomic E-state index is 12.7. The van der Waals surface area contributed by atoms with E-state index >= 15 is 0 Å². The molecule has 0 bridgehead atoms. The van der Waals surface area contributed by atoms with Crippen molar-refractivity contribution in [3.63, 3.8) is 0 Å². The van der Waals surface area contributed by atoms with Crippen LogP contribution in [-0.4, -0.2) is 34.3 Å². The predicted octanol–water partition coefficient (Wildman–Crippen LogP) is 5.73. The minimum Gasteiger partial charge on any atom is -0.481 e. The molecule has 0 spiro atoms. The molecule has 1 atom stereocenters. The van der Waals surface area contributed by atoms with Crippen molar-refractivity contribution in [2.45, 2.75) is 57.9 Å². The van der Waals surface area contributed by atoms with Crippen molar-refractivity contribution < 1.29 is 14.7 Å². The molecule has 0 saturated heterocycles. The largest absolute Gasteiger partial charge is 0.481 e. The number of amides is 2. The molecule has 0 fully saturated rings. The van der Waals surface area contributed by atoms with E-state index < -0.39 is 11.5 Å². The van der Waals surface area contributed by atoms with Gasteiger partial charge in [0, 0.05) is 17.6 Å². The van der Waals surface area contributed by atoms with Crippen LogP contribution in [0.5, 0.6) is 0 Å². The summed E-state index contributed by atoms with van der Waals surface area (Å²) in [5, 5.41) is 12.7. The van der Waals surface area contributed by atoms with Crippen LogP contribution in [-0.2, 0) is 10.3 Å². The van der Waals surface area contributed by atoms with Crippen LogP contribution in [0.3, 0.4) is 0 Å². The van der Waals surface area contributed by atoms with Crippen molar-refractivity contribution in [1.29, 1.82) is 0 Å². The molecule has 160 valence electrons. The number of nitrogens with one attached hydrogen (secondary N) is 1. The van der Waals surface area contributed by atoms with Gasteiger partial charge in [0.05, 0.1) is 17.0 Å². The summed E-state index contributed by atoms with van der Waals surface area (Å²) < 4.78 is 0. The fraction of sp³-hybridized carbons (Fsp3) is 0.545. The number of hydrogen-bond donors (Lipinski definition) is 2. The Hall–Kier alpha value is -1.66. The second kappa shape index (κ2) is 9.90. The number of urea groups is 1. The van der Waals surface area contributed by atoms with Crippen LogP contribution >= 0.6 is 23.4 Å². The number of halogens is 1. The van der Waals surface area contributed by atoms with Gasteiger partial charge in [-0.3, -0.25) is 4.79 Å². The molecule has 2 N–H and O–H groups in total. The predicted molar refractivity (Wildman–Crippen MR) is 119 cm³/mol. The first kappa shape index (κ1) is 23.6. The lowest BCUT2D eigenvalue weighted by Crippen LogP contribution is -2.54. The van der Waals surface area contributed by atoms with E-state index in [4.69, 9.17) is 16.7 Å². The van der Waals surface area contributed by atoms with Crippen LogP contribution in [0.4, 0.5) is 4.79 Å². The zero-order valence-electron chi connectivity index (χ0n) is 17.8. The SMILES string of the molecule is CC(C)CCSc1ccc([C@]2(C)NC(=O)N(CCC(=O)O)C=C2C(C)C)cc1Cl. The van der Waals surface area contributed by atoms with Gasteiger partial charge >= 0.3 is 12.0 Å². The normalized spacial score (nSPS) is 19.5. The van der Waals surface area contributed by atoms with E-state index in [2.05, 4.69) is 33.0 Å². The number of rotatable bonds is 9. The molecule has 2 rings (SSSR count). The first-order valence-electron chi connectivity index (χ1n) is 10.00. The minimum absolute atomic E-state index is 0.0971. The third kappa shape index (κ3) is 5.92. The Morgan fingerprint density at radius 3 is 2.55 bits per heavy atom. The number of carbonyl (C=O) groups is 2. The highest BCUT2D eigenvalue weighted by Gasteiger charge is 2.39. The molecule has 29 heavy (non-hydrogen) atoms. The lowest BCUT2D eigenvalue weighted by Gasteiger charge is -2.42. The Kier molecular flexibility index (Phi) is 8.06. The van der Waals surface area contributed by atoms with E-state index in [0.29, 0.717) is 10.9 Å². The van der Waals surface area contributed by atoms with Crippen LogP contribution in [0.15, 0.2) is 34.9 Å². The number of carboxylic acid groups (broad SMARTS) is 1. The van der Waals surface area contributed by atoms with Crippen LogP contribution in [0.1, 0.15) is 53.0 Å². The number of thioether (sulfide) groups is 1. The summed E-state index contributed by atoms with van der Waals surface area (Å²) in [6, 6.07) is 5.68. The third-order valence-corrected chi connectivity index (χ3v) is 6.67. The number of aliphatic carboxylic acids is 1. The molecule has 5 nitrogen and oxygen atoms in total. The zero-order chi connectivity index (χ0) is 21.8. The number of carboxylic acids is 1. The summed E-state index contributed by atoms with van der Waals surface area (Å²) in [6.07, 6.45) is 2.83. The van der Waals surface area contributed by atoms with Gasteiger partial charge < -0.3 is 15.3 Å². The molecule has 0 unspecified atom stereocenters. The Labute approximate surface area is 182 Å². The smallest absolute Gasteiger partial charge is 0.322 e. The second-order valence-electron chi connectivity index (χ2n) is 8.31. The van der Waals surface area contributed by atoms with Gasteiger partial charge in [0.2, 0.25) is 0 Å². The molecule has 0 aromatic heterocycles. The third-order valence-electron chi connectivity index (χ3n) is 5.14. The maximum Gasteiger partial charge on any atom is 0.322 e. The first-order chi connectivity index (χ1) is 13.5. The van der Waals surface area contributed by atoms with Crippen molar-refractivity contribution in [2.75, 3.05) is 12.3 Å². The zero-order valence-corrected chi connectivity index (χ0v) is 19.4. The van der Waals surface area contributed by atoms with Crippen molar-refractivity contribution in [1.82, 2.24) is 10.2 Å². The van der Waals surface area contributed by atoms with E-state index in [1.54, 1.807) is 18.0 Å². The van der Waals surface area contributed by atoms with E-state index in [1.807, 2.05) is 25.1 Å². The quantitative estimate of drug-likeness (QED) is 0.483. The molecule has 1 aliphatic heterocycles. The molecule has 1 aliphatic rings. The molecule has 1 heterocycles. The summed E-state index contributed by atoms with van der Waals surface area (Å²) >= 11 is 8.32. The molecule has 2 amide bonds. The monoisotopic (exact) mass is 438 g/mol. The number of hydrogen-bond acceptors (Lipinski definition) is 3. The van der Waals surface area contributed by atoms with E-state index in [-0.39, 0.29) is 24.9 Å². The van der Waals surface area contributed by atoms with Gasteiger partial charge in [-0.15, -0.1) is 11.8 Å². The van der Waals surface area contributed by atoms with Gasteiger partial charge in [0.15, 0.2) is 0 Å². The average Bonchev–Trinajstić information content (AvgIpc) is 2.61. The molecular weight excluding hydrogens is 408 g/mol. The van der Waals surface area contributed by atoms with Crippen molar-refractivity contribution in [3.05, 3.63) is 40.6 Å². The summed E-state index contributed by atoms with van der Waals surface area (Å²) in [5.41, 5.74) is 1.23. The Morgan fingerprint density at radius 2 is 2.00 bits per heavy atom. The second-order valence-corrected chi connectivity index (χ2v) is 9.85. The molecule has 0 aliphatic carbocycles. The number of nitrogens with zero attached hydrogens (tertiary/aromatic N) is 1. The summed E-state index contributed by atoms with van der Waals surface area (Å²) in [5.74, 6) is 0.898. The van der Waals surface area contributed by atoms with Gasteiger partial charge in [-0.1, -0.05) is 45.4 Å². The van der Waals surface area contributed by atoms with E-state index in [0.717, 1.165) is 28.2 Å².